The highest BCUT2D eigenvalue weighted by Crippen LogP contribution is 2.15. The van der Waals surface area contributed by atoms with E-state index in [1.807, 2.05) is 6.92 Å². The van der Waals surface area contributed by atoms with Crippen LogP contribution in [0, 0.1) is 11.8 Å². The molecule has 0 rings (SSSR count). The summed E-state index contributed by atoms with van der Waals surface area (Å²) in [5.74, 6) is 0.810. The molecular weight excluding hydrogens is 140 g/mol. The van der Waals surface area contributed by atoms with Crippen molar-refractivity contribution in [3.05, 3.63) is 12.3 Å². The van der Waals surface area contributed by atoms with E-state index in [-0.39, 0.29) is 5.92 Å². The molecule has 0 fully saturated rings. The Balaban J connectivity index is 3.72. The van der Waals surface area contributed by atoms with E-state index in [2.05, 4.69) is 13.8 Å². The fraction of sp³-hybridized carbons (Fsp3) is 0.778. The summed E-state index contributed by atoms with van der Waals surface area (Å²) in [7, 11) is 0. The molecule has 0 aliphatic heterocycles. The molecule has 2 nitrogen and oxygen atoms in total. The zero-order valence-electron chi connectivity index (χ0n) is 7.49. The molecule has 0 aromatic carbocycles. The minimum absolute atomic E-state index is 0.221. The molecule has 0 aliphatic carbocycles. The summed E-state index contributed by atoms with van der Waals surface area (Å²) in [6.45, 7) is 6.21. The van der Waals surface area contributed by atoms with Gasteiger partial charge in [0.15, 0.2) is 0 Å². The molecule has 0 amide bonds. The van der Waals surface area contributed by atoms with Crippen LogP contribution in [0.3, 0.4) is 0 Å². The van der Waals surface area contributed by atoms with Crippen LogP contribution < -0.4 is 0 Å². The summed E-state index contributed by atoms with van der Waals surface area (Å²) in [6, 6.07) is 0. The first-order valence-corrected chi connectivity index (χ1v) is 4.06. The molecule has 0 radical (unpaired) electrons. The molecule has 0 aromatic rings. The monoisotopic (exact) mass is 158 g/mol. The van der Waals surface area contributed by atoms with Gasteiger partial charge < -0.3 is 10.2 Å². The van der Waals surface area contributed by atoms with Crippen LogP contribution in [0.15, 0.2) is 12.3 Å². The number of hydrogen-bond acceptors (Lipinski definition) is 2. The highest BCUT2D eigenvalue weighted by Gasteiger charge is 2.12. The summed E-state index contributed by atoms with van der Waals surface area (Å²) in [5, 5.41) is 17.7. The molecule has 0 spiro atoms. The zero-order chi connectivity index (χ0) is 8.85. The summed E-state index contributed by atoms with van der Waals surface area (Å²) in [6.07, 6.45) is 2.78. The predicted molar refractivity (Wildman–Crippen MR) is 46.4 cm³/mol. The Morgan fingerprint density at radius 2 is 1.82 bits per heavy atom. The zero-order valence-corrected chi connectivity index (χ0v) is 7.49. The van der Waals surface area contributed by atoms with Crippen molar-refractivity contribution in [3.8, 4) is 0 Å². The van der Waals surface area contributed by atoms with Gasteiger partial charge in [0.25, 0.3) is 0 Å². The number of rotatable bonds is 4. The topological polar surface area (TPSA) is 40.5 Å². The molecule has 0 saturated heterocycles. The predicted octanol–water partition coefficient (Wildman–Crippen LogP) is 2.10. The van der Waals surface area contributed by atoms with Gasteiger partial charge in [0.2, 0.25) is 0 Å². The Morgan fingerprint density at radius 3 is 2.18 bits per heavy atom. The Morgan fingerprint density at radius 1 is 1.27 bits per heavy atom. The van der Waals surface area contributed by atoms with Crippen LogP contribution in [0.25, 0.3) is 0 Å². The average Bonchev–Trinajstić information content (AvgIpc) is 1.86. The third kappa shape index (κ3) is 4.85. The van der Waals surface area contributed by atoms with E-state index in [4.69, 9.17) is 5.11 Å². The van der Waals surface area contributed by atoms with Crippen molar-refractivity contribution in [2.45, 2.75) is 33.3 Å². The van der Waals surface area contributed by atoms with E-state index in [1.165, 1.54) is 6.08 Å². The molecule has 0 saturated carbocycles. The van der Waals surface area contributed by atoms with Gasteiger partial charge in [0.05, 0.1) is 12.4 Å². The molecule has 0 heterocycles. The molecule has 2 atom stereocenters. The first kappa shape index (κ1) is 10.5. The molecular formula is C9H18O2. The fourth-order valence-electron chi connectivity index (χ4n) is 1.16. The quantitative estimate of drug-likeness (QED) is 0.615. The van der Waals surface area contributed by atoms with Gasteiger partial charge in [-0.15, -0.1) is 0 Å². The second kappa shape index (κ2) is 5.19. The number of hydrogen-bond donors (Lipinski definition) is 2. The second-order valence-corrected chi connectivity index (χ2v) is 3.44. The lowest BCUT2D eigenvalue weighted by atomic mass is 9.94. The highest BCUT2D eigenvalue weighted by molar-refractivity contribution is 4.85. The maximum absolute atomic E-state index is 9.32. The van der Waals surface area contributed by atoms with Gasteiger partial charge in [-0.2, -0.15) is 0 Å². The van der Waals surface area contributed by atoms with Crippen molar-refractivity contribution in [3.63, 3.8) is 0 Å². The van der Waals surface area contributed by atoms with Crippen molar-refractivity contribution < 1.29 is 10.2 Å². The summed E-state index contributed by atoms with van der Waals surface area (Å²) in [5.41, 5.74) is 0. The summed E-state index contributed by atoms with van der Waals surface area (Å²) < 4.78 is 0. The van der Waals surface area contributed by atoms with Crippen LogP contribution in [-0.4, -0.2) is 16.3 Å². The lowest BCUT2D eigenvalue weighted by Gasteiger charge is -2.16. The summed E-state index contributed by atoms with van der Waals surface area (Å²) in [4.78, 5) is 0. The number of aliphatic hydroxyl groups is 2. The van der Waals surface area contributed by atoms with Gasteiger partial charge in [-0.1, -0.05) is 20.8 Å². The maximum Gasteiger partial charge on any atom is 0.0778 e. The van der Waals surface area contributed by atoms with E-state index in [0.29, 0.717) is 5.92 Å². The Labute approximate surface area is 68.6 Å². The average molecular weight is 158 g/mol. The maximum atomic E-state index is 9.32. The van der Waals surface area contributed by atoms with Gasteiger partial charge in [-0.05, 0) is 24.3 Å². The molecule has 2 heteroatoms. The van der Waals surface area contributed by atoms with E-state index in [1.54, 1.807) is 0 Å². The Bertz CT molecular complexity index is 119. The molecule has 66 valence electrons. The van der Waals surface area contributed by atoms with E-state index in [9.17, 15) is 5.11 Å². The fourth-order valence-corrected chi connectivity index (χ4v) is 1.16. The van der Waals surface area contributed by atoms with Gasteiger partial charge in [-0.25, -0.2) is 0 Å². The molecule has 0 bridgehead atoms. The van der Waals surface area contributed by atoms with Crippen molar-refractivity contribution in [2.24, 2.45) is 11.8 Å². The second-order valence-electron chi connectivity index (χ2n) is 3.44. The van der Waals surface area contributed by atoms with Gasteiger partial charge in [-0.3, -0.25) is 0 Å². The van der Waals surface area contributed by atoms with E-state index < -0.39 is 6.10 Å². The van der Waals surface area contributed by atoms with Crippen LogP contribution >= 0.6 is 0 Å². The van der Waals surface area contributed by atoms with Crippen LogP contribution in [-0.2, 0) is 0 Å². The van der Waals surface area contributed by atoms with Crippen molar-refractivity contribution in [1.29, 1.82) is 0 Å². The van der Waals surface area contributed by atoms with Gasteiger partial charge in [0, 0.05) is 0 Å². The first-order valence-electron chi connectivity index (χ1n) is 4.06. The SMILES string of the molecule is CC(C)CC(C)C(O)C=CO. The van der Waals surface area contributed by atoms with Crippen LogP contribution in [0.5, 0.6) is 0 Å². The standard InChI is InChI=1S/C9H18O2/c1-7(2)6-8(3)9(11)4-5-10/h4-5,7-11H,6H2,1-3H3. The third-order valence-corrected chi connectivity index (χ3v) is 1.71. The molecule has 11 heavy (non-hydrogen) atoms. The van der Waals surface area contributed by atoms with Crippen LogP contribution in [0.2, 0.25) is 0 Å². The Kier molecular flexibility index (Phi) is 4.95. The molecule has 2 N–H and O–H groups in total. The smallest absolute Gasteiger partial charge is 0.0778 e. The van der Waals surface area contributed by atoms with Crippen molar-refractivity contribution in [1.82, 2.24) is 0 Å². The minimum Gasteiger partial charge on any atom is -0.516 e. The number of aliphatic hydroxyl groups excluding tert-OH is 2. The first-order chi connectivity index (χ1) is 5.07. The third-order valence-electron chi connectivity index (χ3n) is 1.71. The largest absolute Gasteiger partial charge is 0.516 e. The molecule has 0 aromatic heterocycles. The molecule has 0 aliphatic rings. The molecule has 2 unspecified atom stereocenters. The lowest BCUT2D eigenvalue weighted by molar-refractivity contribution is 0.145. The van der Waals surface area contributed by atoms with E-state index in [0.717, 1.165) is 12.7 Å². The minimum atomic E-state index is -0.512. The van der Waals surface area contributed by atoms with Gasteiger partial charge in [0.1, 0.15) is 0 Å². The van der Waals surface area contributed by atoms with E-state index >= 15 is 0 Å². The van der Waals surface area contributed by atoms with Crippen LogP contribution in [0.4, 0.5) is 0 Å². The van der Waals surface area contributed by atoms with Crippen LogP contribution in [0.1, 0.15) is 27.2 Å². The van der Waals surface area contributed by atoms with Gasteiger partial charge >= 0.3 is 0 Å². The Hall–Kier alpha value is -0.500. The summed E-state index contributed by atoms with van der Waals surface area (Å²) >= 11 is 0. The lowest BCUT2D eigenvalue weighted by Crippen LogP contribution is -2.16. The van der Waals surface area contributed by atoms with Crippen molar-refractivity contribution in [2.75, 3.05) is 0 Å². The highest BCUT2D eigenvalue weighted by atomic mass is 16.3. The normalized spacial score (nSPS) is 17.5. The van der Waals surface area contributed by atoms with Crippen molar-refractivity contribution >= 4 is 0 Å².